The Balaban J connectivity index is -0.000000157. The van der Waals surface area contributed by atoms with Crippen LogP contribution in [0.3, 0.4) is 0 Å². The third-order valence-corrected chi connectivity index (χ3v) is 29.3. The number of hydrogen-bond donors (Lipinski definition) is 0. The molecule has 0 unspecified atom stereocenters. The first-order chi connectivity index (χ1) is 35.8. The van der Waals surface area contributed by atoms with Crippen LogP contribution in [0.25, 0.3) is 0 Å². The topological polar surface area (TPSA) is 856 Å². The molecule has 0 saturated heterocycles. The summed E-state index contributed by atoms with van der Waals surface area (Å²) in [5, 5.41) is 309. The normalized spacial score (nSPS) is 13.2. The van der Waals surface area contributed by atoms with E-state index in [2.05, 4.69) is 0 Å². The van der Waals surface area contributed by atoms with Crippen LogP contribution in [0.15, 0.2) is 0 Å². The average Bonchev–Trinajstić information content (AvgIpc) is 3.56. The predicted molar refractivity (Wildman–Crippen MR) is 202 cm³/mol. The van der Waals surface area contributed by atoms with Crippen LogP contribution in [0, 0.1) is 368 Å². The quantitative estimate of drug-likeness (QED) is 0.228. The minimum atomic E-state index is -6.17. The Bertz CT molecular complexity index is 3120. The summed E-state index contributed by atoms with van der Waals surface area (Å²) in [6.45, 7) is 0. The van der Waals surface area contributed by atoms with Crippen LogP contribution in [0.5, 0.6) is 0 Å². The summed E-state index contributed by atoms with van der Waals surface area (Å²) in [5.74, 6) is 0. The predicted octanol–water partition coefficient (Wildman–Crippen LogP) is -2.41. The fourth-order valence-corrected chi connectivity index (χ4v) is 6.56. The maximum absolute atomic E-state index is 8.58. The summed E-state index contributed by atoms with van der Waals surface area (Å²) >= 11 is 0. The van der Waals surface area contributed by atoms with Crippen LogP contribution in [-0.2, 0) is 64.4 Å². The van der Waals surface area contributed by atoms with E-state index in [4.69, 9.17) is 189 Å². The number of hydrogen-bond acceptors (Lipinski definition) is 36. The van der Waals surface area contributed by atoms with E-state index in [0.29, 0.717) is 0 Å². The number of rotatable bonds is 0. The molecule has 0 amide bonds. The molecule has 0 aromatic heterocycles. The summed E-state index contributed by atoms with van der Waals surface area (Å²) in [6.07, 6.45) is 0. The van der Waals surface area contributed by atoms with Gasteiger partial charge in [-0.3, -0.25) is 0 Å². The molecule has 0 rings (SSSR count). The van der Waals surface area contributed by atoms with Crippen molar-refractivity contribution in [1.82, 2.24) is 0 Å². The third kappa shape index (κ3) is 9.05. The van der Waals surface area contributed by atoms with Gasteiger partial charge in [-0.05, 0) is 0 Å². The smallest absolute Gasteiger partial charge is 1.00 e. The van der Waals surface area contributed by atoms with Gasteiger partial charge < -0.3 is 0 Å². The van der Waals surface area contributed by atoms with Gasteiger partial charge in [-0.2, -0.15) is 0 Å². The van der Waals surface area contributed by atoms with Gasteiger partial charge in [0.25, 0.3) is 0 Å². The van der Waals surface area contributed by atoms with E-state index in [1.807, 2.05) is 0 Å². The molecule has 0 aliphatic carbocycles. The Hall–Kier alpha value is -13.6. The molecule has 0 heterocycles. The molecular weight excluding hydrogens is 1310 g/mol. The van der Waals surface area contributed by atoms with Gasteiger partial charge in [0, 0.05) is 0 Å². The second-order valence-corrected chi connectivity index (χ2v) is 44.5. The van der Waals surface area contributed by atoms with Crippen molar-refractivity contribution in [3.63, 3.8) is 0 Å². The summed E-state index contributed by atoms with van der Waals surface area (Å²) < 4.78 is 0. The molecule has 0 aromatic rings. The van der Waals surface area contributed by atoms with Crippen molar-refractivity contribution in [3.8, 4) is 179 Å². The largest absolute Gasteiger partial charge is 1.00 e. The second-order valence-electron chi connectivity index (χ2n) is 10.8. The van der Waals surface area contributed by atoms with E-state index in [1.54, 1.807) is 0 Å². The van der Waals surface area contributed by atoms with E-state index in [9.17, 15) is 0 Å². The fraction of sp³-hybridized carbons (Fsp3) is 0. The van der Waals surface area contributed by atoms with Crippen LogP contribution in [-0.4, -0.2) is 0 Å². The van der Waals surface area contributed by atoms with Gasteiger partial charge in [-0.15, -0.1) is 0 Å². The van der Waals surface area contributed by atoms with E-state index < -0.39 is 64.4 Å². The van der Waals surface area contributed by atoms with Crippen molar-refractivity contribution >= 4 is 0 Å². The summed E-state index contributed by atoms with van der Waals surface area (Å²) in [4.78, 5) is 37.1. The Kier molecular flexibility index (Phi) is 20.6. The monoisotopic (exact) mass is 1310 g/mol. The van der Waals surface area contributed by atoms with Crippen LogP contribution < -0.4 is 51.4 Å². The summed E-state index contributed by atoms with van der Waals surface area (Å²) in [7, 11) is -37.0. The average molecular weight is 1310 g/mol. The maximum atomic E-state index is 8.58. The van der Waals surface area contributed by atoms with Crippen LogP contribution in [0.4, 0.5) is 0 Å². The molecule has 0 atom stereocenters. The molecule has 43 heteroatoms. The molecule has 0 bridgehead atoms. The van der Waals surface area contributed by atoms with E-state index in [0.717, 1.165) is 179 Å². The zero-order valence-electron chi connectivity index (χ0n) is 37.2. The standard InChI is InChI=1S/36CN.6Fe.K/c36*1-2;;;;;;;/q;;;;;;;;;;;;;;;;;;;;;;;;;;;;;;;;;;;;6*-4;+1. The first kappa shape index (κ1) is 79.5. The van der Waals surface area contributed by atoms with Crippen molar-refractivity contribution < 1.29 is 116 Å². The summed E-state index contributed by atoms with van der Waals surface area (Å²) in [5.41, 5.74) is 0. The summed E-state index contributed by atoms with van der Waals surface area (Å²) in [6, 6.07) is 0. The van der Waals surface area contributed by atoms with Crippen LogP contribution in [0.1, 0.15) is 0 Å². The zero-order valence-corrected chi connectivity index (χ0v) is 47.0. The molecule has 0 fully saturated rings. The number of nitriles is 36. The molecule has 396 valence electrons. The van der Waals surface area contributed by atoms with Crippen LogP contribution in [0.2, 0.25) is 0 Å². The van der Waals surface area contributed by atoms with Crippen LogP contribution >= 0.6 is 0 Å². The fourth-order valence-electron chi connectivity index (χ4n) is 1.59. The molecule has 0 saturated carbocycles. The SMILES string of the molecule is N#[C][Fe-4]([C]#N)([C]#N)([C]#N)([C]#N)[C]#N.N#[C][Fe-4]([C]#N)([C]#N)([C]#N)([C]#N)[C]#N.N#[C][Fe-4]([C]#N)([C]#N)([C]#N)([C]#N)[C]#N.N#[C][Fe-4]([C]#N)([C]#N)([C]#N)([C]#N)[C]#N.N#[C][Fe-4]([C]#N)([C]#N)([C]#N)([C]#N)[C]#N.N#[C][Fe-4]([C]#N)([C]#N)([C]#N)([C]#N)[C]#N.[K+]. The Morgan fingerprint density at radius 1 is 0.0886 bits per heavy atom. The van der Waals surface area contributed by atoms with Gasteiger partial charge in [0.2, 0.25) is 0 Å². The Morgan fingerprint density at radius 2 is 0.114 bits per heavy atom. The van der Waals surface area contributed by atoms with Gasteiger partial charge in [-0.1, -0.05) is 0 Å². The van der Waals surface area contributed by atoms with Gasteiger partial charge >= 0.3 is 484 Å². The van der Waals surface area contributed by atoms with Gasteiger partial charge in [0.1, 0.15) is 0 Å². The van der Waals surface area contributed by atoms with E-state index in [-0.39, 0.29) is 51.4 Å². The minimum absolute atomic E-state index is 0. The van der Waals surface area contributed by atoms with E-state index in [1.165, 1.54) is 0 Å². The molecule has 36 nitrogen and oxygen atoms in total. The van der Waals surface area contributed by atoms with Crippen molar-refractivity contribution in [2.45, 2.75) is 0 Å². The Morgan fingerprint density at radius 3 is 0.114 bits per heavy atom. The van der Waals surface area contributed by atoms with Crippen molar-refractivity contribution in [1.29, 1.82) is 189 Å². The molecule has 0 aliphatic rings. The molecule has 0 aromatic carbocycles. The molecule has 0 spiro atoms. The molecular formula is C36Fe6KN36-23. The number of nitrogens with zero attached hydrogens (tertiary/aromatic N) is 36. The van der Waals surface area contributed by atoms with Gasteiger partial charge in [0.15, 0.2) is 0 Å². The third-order valence-electron chi connectivity index (χ3n) is 7.12. The van der Waals surface area contributed by atoms with E-state index >= 15 is 0 Å². The van der Waals surface area contributed by atoms with Gasteiger partial charge in [0.05, 0.1) is 0 Å². The van der Waals surface area contributed by atoms with Crippen molar-refractivity contribution in [3.05, 3.63) is 0 Å². The van der Waals surface area contributed by atoms with Crippen molar-refractivity contribution in [2.75, 3.05) is 0 Å². The first-order valence-electron chi connectivity index (χ1n) is 14.4. The maximum Gasteiger partial charge on any atom is 1.00 e. The molecule has 0 N–H and O–H groups in total. The zero-order chi connectivity index (χ0) is 63.9. The molecule has 0 radical (unpaired) electrons. The van der Waals surface area contributed by atoms with Gasteiger partial charge in [-0.25, -0.2) is 0 Å². The molecule has 79 heavy (non-hydrogen) atoms. The molecule has 0 aliphatic heterocycles. The minimum Gasteiger partial charge on any atom is 1.00 e. The Labute approximate surface area is 478 Å². The second kappa shape index (κ2) is 20.5. The van der Waals surface area contributed by atoms with Crippen molar-refractivity contribution in [2.24, 2.45) is 0 Å². The first-order valence-corrected chi connectivity index (χ1v) is 34.3.